The molecule has 2 aliphatic rings. The molecule has 0 N–H and O–H groups in total. The summed E-state index contributed by atoms with van der Waals surface area (Å²) in [4.78, 5) is 26.8. The molecule has 0 aromatic heterocycles. The van der Waals surface area contributed by atoms with E-state index in [-0.39, 0.29) is 23.4 Å². The van der Waals surface area contributed by atoms with E-state index in [1.165, 1.54) is 0 Å². The summed E-state index contributed by atoms with van der Waals surface area (Å²) in [7, 11) is 0. The van der Waals surface area contributed by atoms with Crippen LogP contribution < -0.4 is 5.01 Å². The zero-order chi connectivity index (χ0) is 18.2. The molecule has 0 saturated carbocycles. The minimum atomic E-state index is -0.423. The van der Waals surface area contributed by atoms with Crippen LogP contribution in [0.4, 0.5) is 5.69 Å². The van der Waals surface area contributed by atoms with E-state index in [9.17, 15) is 9.59 Å². The Morgan fingerprint density at radius 1 is 1.24 bits per heavy atom. The fraction of sp³-hybridized carbons (Fsp3) is 0.526. The van der Waals surface area contributed by atoms with Crippen molar-refractivity contribution >= 4 is 23.1 Å². The number of hydrogen-bond donors (Lipinski definition) is 0. The molecule has 1 saturated heterocycles. The van der Waals surface area contributed by atoms with Gasteiger partial charge in [0.15, 0.2) is 5.78 Å². The predicted octanol–water partition coefficient (Wildman–Crippen LogP) is 2.24. The maximum atomic E-state index is 13.0. The van der Waals surface area contributed by atoms with Crippen molar-refractivity contribution in [2.45, 2.75) is 51.9 Å². The zero-order valence-electron chi connectivity index (χ0n) is 15.2. The van der Waals surface area contributed by atoms with Gasteiger partial charge in [0.05, 0.1) is 17.4 Å². The number of amides is 1. The Hall–Kier alpha value is -2.21. The van der Waals surface area contributed by atoms with Gasteiger partial charge in [0, 0.05) is 19.5 Å². The molecule has 2 aliphatic heterocycles. The lowest BCUT2D eigenvalue weighted by Gasteiger charge is -2.41. The Balaban J connectivity index is 1.84. The second kappa shape index (κ2) is 6.59. The van der Waals surface area contributed by atoms with E-state index in [2.05, 4.69) is 5.10 Å². The first-order valence-electron chi connectivity index (χ1n) is 8.66. The lowest BCUT2D eigenvalue weighted by atomic mass is 10.0. The molecule has 0 spiro atoms. The second-order valence-corrected chi connectivity index (χ2v) is 7.43. The number of rotatable bonds is 3. The van der Waals surface area contributed by atoms with E-state index in [0.29, 0.717) is 25.2 Å². The number of Topliss-reactive ketones (excluding diaryl/α,β-unsaturated/α-hetero) is 1. The van der Waals surface area contributed by atoms with Crippen molar-refractivity contribution in [3.63, 3.8) is 0 Å². The fourth-order valence-corrected chi connectivity index (χ4v) is 3.57. The van der Waals surface area contributed by atoms with Crippen molar-refractivity contribution in [1.82, 2.24) is 4.90 Å². The van der Waals surface area contributed by atoms with E-state index in [4.69, 9.17) is 4.74 Å². The van der Waals surface area contributed by atoms with Crippen molar-refractivity contribution in [2.24, 2.45) is 5.10 Å². The van der Waals surface area contributed by atoms with Gasteiger partial charge in [-0.15, -0.1) is 0 Å². The molecule has 6 heteroatoms. The summed E-state index contributed by atoms with van der Waals surface area (Å²) in [5.74, 6) is -0.0982. The van der Waals surface area contributed by atoms with Crippen LogP contribution in [0, 0.1) is 0 Å². The van der Waals surface area contributed by atoms with Gasteiger partial charge >= 0.3 is 0 Å². The first-order valence-corrected chi connectivity index (χ1v) is 8.66. The van der Waals surface area contributed by atoms with Crippen molar-refractivity contribution in [2.75, 3.05) is 18.1 Å². The highest BCUT2D eigenvalue weighted by atomic mass is 16.5. The van der Waals surface area contributed by atoms with Gasteiger partial charge in [-0.25, -0.2) is 0 Å². The summed E-state index contributed by atoms with van der Waals surface area (Å²) in [5, 5.41) is 6.18. The third-order valence-corrected chi connectivity index (χ3v) is 4.50. The molecule has 3 rings (SSSR count). The SMILES string of the molecule is CC(=O)C1CC(C(=O)N2CC(C)OC(C)(C)C2)=NN1c1ccccc1. The number of benzene rings is 1. The lowest BCUT2D eigenvalue weighted by molar-refractivity contribution is -0.152. The smallest absolute Gasteiger partial charge is 0.270 e. The molecular formula is C19H25N3O3. The lowest BCUT2D eigenvalue weighted by Crippen LogP contribution is -2.55. The zero-order valence-corrected chi connectivity index (χ0v) is 15.2. The highest BCUT2D eigenvalue weighted by Crippen LogP contribution is 2.27. The van der Waals surface area contributed by atoms with E-state index < -0.39 is 6.04 Å². The Kier molecular flexibility index (Phi) is 4.64. The topological polar surface area (TPSA) is 62.2 Å². The molecule has 1 aromatic rings. The number of ketones is 1. The van der Waals surface area contributed by atoms with E-state index >= 15 is 0 Å². The minimum Gasteiger partial charge on any atom is -0.369 e. The fourth-order valence-electron chi connectivity index (χ4n) is 3.57. The molecule has 1 fully saturated rings. The van der Waals surface area contributed by atoms with Crippen molar-refractivity contribution in [3.8, 4) is 0 Å². The maximum absolute atomic E-state index is 13.0. The molecule has 2 heterocycles. The third kappa shape index (κ3) is 3.74. The van der Waals surface area contributed by atoms with E-state index in [1.54, 1.807) is 16.8 Å². The quantitative estimate of drug-likeness (QED) is 0.844. The summed E-state index contributed by atoms with van der Waals surface area (Å²) in [6.07, 6.45) is 0.318. The van der Waals surface area contributed by atoms with Crippen LogP contribution in [-0.4, -0.2) is 53.1 Å². The largest absolute Gasteiger partial charge is 0.369 e. The maximum Gasteiger partial charge on any atom is 0.270 e. The summed E-state index contributed by atoms with van der Waals surface area (Å²) >= 11 is 0. The Bertz CT molecular complexity index is 699. The number of hydrazone groups is 1. The summed E-state index contributed by atoms with van der Waals surface area (Å²) in [6.45, 7) is 8.53. The number of carbonyl (C=O) groups is 2. The Labute approximate surface area is 148 Å². The molecule has 0 aliphatic carbocycles. The predicted molar refractivity (Wildman–Crippen MR) is 96.6 cm³/mol. The number of nitrogens with zero attached hydrogens (tertiary/aromatic N) is 3. The van der Waals surface area contributed by atoms with Crippen LogP contribution >= 0.6 is 0 Å². The molecule has 134 valence electrons. The van der Waals surface area contributed by atoms with Crippen LogP contribution in [0.15, 0.2) is 35.4 Å². The van der Waals surface area contributed by atoms with Crippen molar-refractivity contribution in [1.29, 1.82) is 0 Å². The summed E-state index contributed by atoms with van der Waals surface area (Å²) in [5.41, 5.74) is 0.876. The van der Waals surface area contributed by atoms with Gasteiger partial charge in [-0.3, -0.25) is 14.6 Å². The molecular weight excluding hydrogens is 318 g/mol. The molecule has 0 radical (unpaired) electrons. The van der Waals surface area contributed by atoms with Gasteiger partial charge in [0.2, 0.25) is 0 Å². The number of para-hydroxylation sites is 1. The Morgan fingerprint density at radius 3 is 2.52 bits per heavy atom. The van der Waals surface area contributed by atoms with Gasteiger partial charge in [-0.2, -0.15) is 5.10 Å². The van der Waals surface area contributed by atoms with Crippen LogP contribution in [0.5, 0.6) is 0 Å². The Morgan fingerprint density at radius 2 is 1.92 bits per heavy atom. The summed E-state index contributed by atoms with van der Waals surface area (Å²) < 4.78 is 5.87. The first-order chi connectivity index (χ1) is 11.8. The molecule has 0 bridgehead atoms. The van der Waals surface area contributed by atoms with E-state index in [0.717, 1.165) is 5.69 Å². The highest BCUT2D eigenvalue weighted by molar-refractivity contribution is 6.40. The van der Waals surface area contributed by atoms with Gasteiger partial charge < -0.3 is 9.64 Å². The van der Waals surface area contributed by atoms with Gasteiger partial charge in [-0.05, 0) is 39.8 Å². The van der Waals surface area contributed by atoms with Gasteiger partial charge in [0.25, 0.3) is 5.91 Å². The second-order valence-electron chi connectivity index (χ2n) is 7.43. The molecule has 2 unspecified atom stereocenters. The molecule has 1 aromatic carbocycles. The van der Waals surface area contributed by atoms with Crippen LogP contribution in [0.25, 0.3) is 0 Å². The minimum absolute atomic E-state index is 0.00563. The van der Waals surface area contributed by atoms with Crippen LogP contribution in [0.2, 0.25) is 0 Å². The number of carbonyl (C=O) groups excluding carboxylic acids is 2. The average molecular weight is 343 g/mol. The average Bonchev–Trinajstić information content (AvgIpc) is 2.98. The number of anilines is 1. The number of ether oxygens (including phenoxy) is 1. The van der Waals surface area contributed by atoms with Crippen LogP contribution in [0.3, 0.4) is 0 Å². The first kappa shape index (κ1) is 17.6. The van der Waals surface area contributed by atoms with Gasteiger partial charge in [-0.1, -0.05) is 18.2 Å². The standard InChI is InChI=1S/C19H25N3O3/c1-13-11-21(12-19(3,4)25-13)18(24)16-10-17(14(2)23)22(20-16)15-8-6-5-7-9-15/h5-9,13,17H,10-12H2,1-4H3. The molecule has 25 heavy (non-hydrogen) atoms. The monoisotopic (exact) mass is 343 g/mol. The van der Waals surface area contributed by atoms with Crippen molar-refractivity contribution in [3.05, 3.63) is 30.3 Å². The van der Waals surface area contributed by atoms with Crippen molar-refractivity contribution < 1.29 is 14.3 Å². The molecule has 1 amide bonds. The molecule has 6 nitrogen and oxygen atoms in total. The number of hydrogen-bond acceptors (Lipinski definition) is 5. The highest BCUT2D eigenvalue weighted by Gasteiger charge is 2.39. The third-order valence-electron chi connectivity index (χ3n) is 4.50. The number of morpholine rings is 1. The van der Waals surface area contributed by atoms with E-state index in [1.807, 2.05) is 51.1 Å². The summed E-state index contributed by atoms with van der Waals surface area (Å²) in [6, 6.07) is 9.07. The normalized spacial score (nSPS) is 25.7. The van der Waals surface area contributed by atoms with Crippen LogP contribution in [0.1, 0.15) is 34.1 Å². The van der Waals surface area contributed by atoms with Crippen LogP contribution in [-0.2, 0) is 14.3 Å². The van der Waals surface area contributed by atoms with Gasteiger partial charge in [0.1, 0.15) is 11.8 Å². The molecule has 2 atom stereocenters.